The lowest BCUT2D eigenvalue weighted by Crippen LogP contribution is -2.44. The standard InChI is InChI=1S/C23H20O4/c1-18(2)22(24)27-23(19-12-6-3-7-13-19,25-20-14-8-4-9-15-20)26-21-16-10-5-11-17-21/h3-17H,1H2,2H3. The summed E-state index contributed by atoms with van der Waals surface area (Å²) < 4.78 is 17.9. The molecule has 3 rings (SSSR count). The zero-order valence-corrected chi connectivity index (χ0v) is 15.0. The fraction of sp³-hybridized carbons (Fsp3) is 0.0870. The van der Waals surface area contributed by atoms with E-state index in [0.717, 1.165) is 0 Å². The zero-order chi connectivity index (χ0) is 19.1. The van der Waals surface area contributed by atoms with Crippen molar-refractivity contribution < 1.29 is 19.0 Å². The van der Waals surface area contributed by atoms with E-state index in [1.165, 1.54) is 0 Å². The average Bonchev–Trinajstić information content (AvgIpc) is 2.70. The van der Waals surface area contributed by atoms with Gasteiger partial charge in [0.05, 0.1) is 5.56 Å². The molecule has 136 valence electrons. The first kappa shape index (κ1) is 18.3. The second-order valence-corrected chi connectivity index (χ2v) is 5.92. The molecule has 4 nitrogen and oxygen atoms in total. The van der Waals surface area contributed by atoms with Gasteiger partial charge in [0.1, 0.15) is 11.5 Å². The number of hydrogen-bond donors (Lipinski definition) is 0. The van der Waals surface area contributed by atoms with Crippen LogP contribution in [0.25, 0.3) is 0 Å². The highest BCUT2D eigenvalue weighted by molar-refractivity contribution is 5.87. The van der Waals surface area contributed by atoms with Crippen molar-refractivity contribution in [2.24, 2.45) is 0 Å². The van der Waals surface area contributed by atoms with Gasteiger partial charge in [-0.15, -0.1) is 0 Å². The molecule has 0 heterocycles. The molecule has 0 bridgehead atoms. The Balaban J connectivity index is 2.10. The maximum atomic E-state index is 12.4. The fourth-order valence-electron chi connectivity index (χ4n) is 2.38. The average molecular weight is 360 g/mol. The van der Waals surface area contributed by atoms with Crippen LogP contribution >= 0.6 is 0 Å². The lowest BCUT2D eigenvalue weighted by atomic mass is 10.1. The van der Waals surface area contributed by atoms with Crippen LogP contribution in [0.15, 0.2) is 103 Å². The third kappa shape index (κ3) is 4.55. The maximum Gasteiger partial charge on any atom is 0.449 e. The van der Waals surface area contributed by atoms with E-state index in [9.17, 15) is 4.79 Å². The Morgan fingerprint density at radius 1 is 0.741 bits per heavy atom. The highest BCUT2D eigenvalue weighted by Gasteiger charge is 2.43. The van der Waals surface area contributed by atoms with Crippen LogP contribution in [0.2, 0.25) is 0 Å². The van der Waals surface area contributed by atoms with E-state index in [2.05, 4.69) is 6.58 Å². The van der Waals surface area contributed by atoms with E-state index >= 15 is 0 Å². The van der Waals surface area contributed by atoms with Gasteiger partial charge in [0.25, 0.3) is 0 Å². The Morgan fingerprint density at radius 2 is 1.15 bits per heavy atom. The van der Waals surface area contributed by atoms with Crippen LogP contribution in [0.4, 0.5) is 0 Å². The zero-order valence-electron chi connectivity index (χ0n) is 15.0. The molecule has 0 N–H and O–H groups in total. The summed E-state index contributed by atoms with van der Waals surface area (Å²) in [6.45, 7) is 5.23. The normalized spacial score (nSPS) is 10.7. The molecular formula is C23H20O4. The largest absolute Gasteiger partial charge is 0.449 e. The number of hydrogen-bond acceptors (Lipinski definition) is 4. The molecule has 0 aromatic heterocycles. The highest BCUT2D eigenvalue weighted by atomic mass is 16.9. The second-order valence-electron chi connectivity index (χ2n) is 5.92. The number of rotatable bonds is 7. The predicted molar refractivity (Wildman–Crippen MR) is 103 cm³/mol. The van der Waals surface area contributed by atoms with Gasteiger partial charge in [-0.2, -0.15) is 0 Å². The van der Waals surface area contributed by atoms with Gasteiger partial charge in [0, 0.05) is 5.57 Å². The summed E-state index contributed by atoms with van der Waals surface area (Å²) in [5, 5.41) is 0. The molecule has 27 heavy (non-hydrogen) atoms. The third-order valence-electron chi connectivity index (χ3n) is 3.69. The summed E-state index contributed by atoms with van der Waals surface area (Å²) in [4.78, 5) is 12.4. The van der Waals surface area contributed by atoms with Crippen molar-refractivity contribution in [2.75, 3.05) is 0 Å². The van der Waals surface area contributed by atoms with E-state index in [4.69, 9.17) is 14.2 Å². The summed E-state index contributed by atoms with van der Waals surface area (Å²) in [6.07, 6.45) is 0. The minimum atomic E-state index is -1.81. The van der Waals surface area contributed by atoms with Crippen LogP contribution in [0, 0.1) is 0 Å². The quantitative estimate of drug-likeness (QED) is 0.335. The molecular weight excluding hydrogens is 340 g/mol. The molecule has 0 amide bonds. The summed E-state index contributed by atoms with van der Waals surface area (Å²) in [6, 6.07) is 27.2. The summed E-state index contributed by atoms with van der Waals surface area (Å²) in [5.74, 6) is -1.44. The first-order chi connectivity index (χ1) is 13.1. The smallest absolute Gasteiger partial charge is 0.417 e. The molecule has 0 radical (unpaired) electrons. The first-order valence-electron chi connectivity index (χ1n) is 8.51. The van der Waals surface area contributed by atoms with Gasteiger partial charge in [-0.1, -0.05) is 61.2 Å². The van der Waals surface area contributed by atoms with E-state index in [1.807, 2.05) is 54.6 Å². The summed E-state index contributed by atoms with van der Waals surface area (Å²) >= 11 is 0. The van der Waals surface area contributed by atoms with Crippen molar-refractivity contribution in [3.8, 4) is 11.5 Å². The maximum absolute atomic E-state index is 12.4. The minimum absolute atomic E-state index is 0.239. The molecule has 0 atom stereocenters. The number of benzene rings is 3. The molecule has 3 aromatic rings. The van der Waals surface area contributed by atoms with Gasteiger partial charge < -0.3 is 14.2 Å². The Kier molecular flexibility index (Phi) is 5.57. The van der Waals surface area contributed by atoms with Crippen molar-refractivity contribution in [3.63, 3.8) is 0 Å². The molecule has 0 unspecified atom stereocenters. The first-order valence-corrected chi connectivity index (χ1v) is 8.51. The van der Waals surface area contributed by atoms with Crippen molar-refractivity contribution in [3.05, 3.63) is 109 Å². The lowest BCUT2D eigenvalue weighted by molar-refractivity contribution is -0.293. The van der Waals surface area contributed by atoms with Gasteiger partial charge in [-0.05, 0) is 43.3 Å². The summed E-state index contributed by atoms with van der Waals surface area (Å²) in [5.41, 5.74) is 0.774. The van der Waals surface area contributed by atoms with Crippen molar-refractivity contribution >= 4 is 5.97 Å². The molecule has 0 saturated carbocycles. The van der Waals surface area contributed by atoms with Crippen LogP contribution in [-0.2, 0) is 15.5 Å². The van der Waals surface area contributed by atoms with E-state index in [1.54, 1.807) is 43.3 Å². The molecule has 3 aromatic carbocycles. The minimum Gasteiger partial charge on any atom is -0.417 e. The summed E-state index contributed by atoms with van der Waals surface area (Å²) in [7, 11) is 0. The molecule has 0 aliphatic rings. The Hall–Kier alpha value is -3.53. The lowest BCUT2D eigenvalue weighted by Gasteiger charge is -2.33. The molecule has 0 spiro atoms. The van der Waals surface area contributed by atoms with E-state index in [0.29, 0.717) is 17.1 Å². The van der Waals surface area contributed by atoms with Gasteiger partial charge in [0.15, 0.2) is 0 Å². The van der Waals surface area contributed by atoms with Gasteiger partial charge in [-0.3, -0.25) is 0 Å². The second kappa shape index (κ2) is 8.23. The van der Waals surface area contributed by atoms with Crippen molar-refractivity contribution in [1.29, 1.82) is 0 Å². The highest BCUT2D eigenvalue weighted by Crippen LogP contribution is 2.33. The van der Waals surface area contributed by atoms with Gasteiger partial charge in [-0.25, -0.2) is 4.79 Å². The predicted octanol–water partition coefficient (Wildman–Crippen LogP) is 5.07. The fourth-order valence-corrected chi connectivity index (χ4v) is 2.38. The number of ether oxygens (including phenoxy) is 3. The van der Waals surface area contributed by atoms with Gasteiger partial charge >= 0.3 is 11.9 Å². The molecule has 4 heteroatoms. The third-order valence-corrected chi connectivity index (χ3v) is 3.69. The van der Waals surface area contributed by atoms with Crippen LogP contribution in [0.3, 0.4) is 0 Å². The number of carbonyl (C=O) groups is 1. The van der Waals surface area contributed by atoms with Crippen molar-refractivity contribution in [1.82, 2.24) is 0 Å². The van der Waals surface area contributed by atoms with Gasteiger partial charge in [0.2, 0.25) is 0 Å². The van der Waals surface area contributed by atoms with Crippen LogP contribution in [-0.4, -0.2) is 5.97 Å². The molecule has 0 aliphatic carbocycles. The topological polar surface area (TPSA) is 44.8 Å². The van der Waals surface area contributed by atoms with E-state index < -0.39 is 11.9 Å². The van der Waals surface area contributed by atoms with Crippen LogP contribution < -0.4 is 9.47 Å². The van der Waals surface area contributed by atoms with E-state index in [-0.39, 0.29) is 5.57 Å². The number of carbonyl (C=O) groups excluding carboxylic acids is 1. The van der Waals surface area contributed by atoms with Crippen LogP contribution in [0.5, 0.6) is 11.5 Å². The molecule has 0 saturated heterocycles. The number of esters is 1. The Bertz CT molecular complexity index is 848. The van der Waals surface area contributed by atoms with Crippen molar-refractivity contribution in [2.45, 2.75) is 12.9 Å². The van der Waals surface area contributed by atoms with Crippen LogP contribution in [0.1, 0.15) is 12.5 Å². The molecule has 0 aliphatic heterocycles. The number of para-hydroxylation sites is 2. The monoisotopic (exact) mass is 360 g/mol. The SMILES string of the molecule is C=C(C)C(=O)OC(Oc1ccccc1)(Oc1ccccc1)c1ccccc1. The molecule has 0 fully saturated rings. The Morgan fingerprint density at radius 3 is 1.56 bits per heavy atom. The Labute approximate surface area is 158 Å².